The van der Waals surface area contributed by atoms with Crippen molar-refractivity contribution in [3.8, 4) is 0 Å². The smallest absolute Gasteiger partial charge is 0.0945 e. The van der Waals surface area contributed by atoms with Crippen molar-refractivity contribution in [3.63, 3.8) is 0 Å². The summed E-state index contributed by atoms with van der Waals surface area (Å²) >= 11 is 0. The fourth-order valence-electron chi connectivity index (χ4n) is 3.35. The molecule has 2 rings (SSSR count). The lowest BCUT2D eigenvalue weighted by molar-refractivity contribution is -0.147. The van der Waals surface area contributed by atoms with Gasteiger partial charge in [0.25, 0.3) is 0 Å². The molecule has 0 amide bonds. The van der Waals surface area contributed by atoms with Gasteiger partial charge in [-0.25, -0.2) is 0 Å². The Morgan fingerprint density at radius 1 is 1.63 bits per heavy atom. The number of aryl methyl sites for hydroxylation is 1. The molecule has 1 aliphatic carbocycles. The summed E-state index contributed by atoms with van der Waals surface area (Å²) in [5, 5.41) is 14.8. The maximum atomic E-state index is 10.7. The van der Waals surface area contributed by atoms with Crippen molar-refractivity contribution in [2.45, 2.75) is 57.7 Å². The summed E-state index contributed by atoms with van der Waals surface area (Å²) in [6.45, 7) is 4.93. The van der Waals surface area contributed by atoms with Crippen molar-refractivity contribution < 1.29 is 9.84 Å². The highest BCUT2D eigenvalue weighted by Crippen LogP contribution is 2.38. The van der Waals surface area contributed by atoms with Gasteiger partial charge in [0, 0.05) is 26.3 Å². The quantitative estimate of drug-likeness (QED) is 0.889. The second-order valence-corrected chi connectivity index (χ2v) is 5.94. The van der Waals surface area contributed by atoms with Crippen molar-refractivity contribution in [3.05, 3.63) is 18.0 Å². The molecule has 1 fully saturated rings. The SMILES string of the molecule is CCOC1(C(O)Cc2cnn(C)c2)CCCC(C)C1. The minimum absolute atomic E-state index is 0.359. The molecule has 0 aliphatic heterocycles. The minimum Gasteiger partial charge on any atom is -0.390 e. The van der Waals surface area contributed by atoms with Gasteiger partial charge in [0.2, 0.25) is 0 Å². The van der Waals surface area contributed by atoms with Gasteiger partial charge >= 0.3 is 0 Å². The van der Waals surface area contributed by atoms with Crippen molar-refractivity contribution in [2.75, 3.05) is 6.61 Å². The van der Waals surface area contributed by atoms with E-state index in [4.69, 9.17) is 4.74 Å². The van der Waals surface area contributed by atoms with Crippen molar-refractivity contribution >= 4 is 0 Å². The molecular formula is C15H26N2O2. The molecule has 3 atom stereocenters. The molecule has 0 aromatic carbocycles. The van der Waals surface area contributed by atoms with Crippen LogP contribution in [-0.2, 0) is 18.2 Å². The lowest BCUT2D eigenvalue weighted by atomic mass is 9.74. The first-order valence-corrected chi connectivity index (χ1v) is 7.35. The average Bonchev–Trinajstić information content (AvgIpc) is 2.75. The van der Waals surface area contributed by atoms with E-state index in [1.54, 1.807) is 4.68 Å². The second kappa shape index (κ2) is 6.06. The number of aliphatic hydroxyl groups excluding tert-OH is 1. The molecule has 108 valence electrons. The Labute approximate surface area is 115 Å². The van der Waals surface area contributed by atoms with Crippen LogP contribution in [0.2, 0.25) is 0 Å². The summed E-state index contributed by atoms with van der Waals surface area (Å²) in [6, 6.07) is 0. The molecule has 1 aromatic heterocycles. The van der Waals surface area contributed by atoms with Gasteiger partial charge in [0.15, 0.2) is 0 Å². The summed E-state index contributed by atoms with van der Waals surface area (Å²) in [5.74, 6) is 0.629. The first kappa shape index (κ1) is 14.5. The van der Waals surface area contributed by atoms with E-state index >= 15 is 0 Å². The van der Waals surface area contributed by atoms with Gasteiger partial charge in [0.05, 0.1) is 17.9 Å². The predicted molar refractivity (Wildman–Crippen MR) is 74.9 cm³/mol. The molecule has 1 aromatic rings. The second-order valence-electron chi connectivity index (χ2n) is 5.94. The van der Waals surface area contributed by atoms with Gasteiger partial charge in [-0.15, -0.1) is 0 Å². The van der Waals surface area contributed by atoms with Crippen LogP contribution in [0, 0.1) is 5.92 Å². The number of rotatable bonds is 5. The molecule has 1 N–H and O–H groups in total. The fraction of sp³-hybridized carbons (Fsp3) is 0.800. The molecule has 0 saturated heterocycles. The molecule has 19 heavy (non-hydrogen) atoms. The van der Waals surface area contributed by atoms with Crippen LogP contribution in [0.3, 0.4) is 0 Å². The molecule has 0 bridgehead atoms. The van der Waals surface area contributed by atoms with Crippen LogP contribution < -0.4 is 0 Å². The third-order valence-corrected chi connectivity index (χ3v) is 4.22. The van der Waals surface area contributed by atoms with Gasteiger partial charge in [-0.1, -0.05) is 19.8 Å². The monoisotopic (exact) mass is 266 g/mol. The Bertz CT molecular complexity index is 401. The Hall–Kier alpha value is -0.870. The van der Waals surface area contributed by atoms with Crippen LogP contribution in [0.5, 0.6) is 0 Å². The van der Waals surface area contributed by atoms with Gasteiger partial charge in [-0.2, -0.15) is 5.10 Å². The maximum absolute atomic E-state index is 10.7. The van der Waals surface area contributed by atoms with Crippen LogP contribution >= 0.6 is 0 Å². The molecular weight excluding hydrogens is 240 g/mol. The van der Waals surface area contributed by atoms with Crippen LogP contribution in [0.15, 0.2) is 12.4 Å². The molecule has 4 heteroatoms. The van der Waals surface area contributed by atoms with Crippen molar-refractivity contribution in [1.82, 2.24) is 9.78 Å². The Kier molecular flexibility index (Phi) is 4.63. The van der Waals surface area contributed by atoms with E-state index in [-0.39, 0.29) is 5.60 Å². The van der Waals surface area contributed by atoms with Gasteiger partial charge < -0.3 is 9.84 Å². The summed E-state index contributed by atoms with van der Waals surface area (Å²) in [7, 11) is 1.90. The van der Waals surface area contributed by atoms with Gasteiger partial charge in [0.1, 0.15) is 0 Å². The summed E-state index contributed by atoms with van der Waals surface area (Å²) in [6.07, 6.45) is 8.29. The minimum atomic E-state index is -0.445. The third kappa shape index (κ3) is 3.37. The number of aromatic nitrogens is 2. The van der Waals surface area contributed by atoms with E-state index in [1.165, 1.54) is 6.42 Å². The molecule has 0 spiro atoms. The normalized spacial score (nSPS) is 29.4. The highest BCUT2D eigenvalue weighted by atomic mass is 16.5. The standard InChI is InChI=1S/C15H26N2O2/c1-4-19-15(7-5-6-12(2)9-15)14(18)8-13-10-16-17(3)11-13/h10-12,14,18H,4-9H2,1-3H3. The lowest BCUT2D eigenvalue weighted by Crippen LogP contribution is -2.49. The van der Waals surface area contributed by atoms with Crippen molar-refractivity contribution in [1.29, 1.82) is 0 Å². The average molecular weight is 266 g/mol. The zero-order chi connectivity index (χ0) is 13.9. The molecule has 1 aliphatic rings. The Morgan fingerprint density at radius 2 is 2.42 bits per heavy atom. The molecule has 0 radical (unpaired) electrons. The van der Waals surface area contributed by atoms with Crippen LogP contribution in [-0.4, -0.2) is 33.2 Å². The van der Waals surface area contributed by atoms with Crippen LogP contribution in [0.25, 0.3) is 0 Å². The molecule has 1 heterocycles. The van der Waals surface area contributed by atoms with Crippen LogP contribution in [0.1, 0.15) is 45.1 Å². The number of hydrogen-bond donors (Lipinski definition) is 1. The highest BCUT2D eigenvalue weighted by Gasteiger charge is 2.42. The van der Waals surface area contributed by atoms with E-state index in [9.17, 15) is 5.11 Å². The fourth-order valence-corrected chi connectivity index (χ4v) is 3.35. The number of aliphatic hydroxyl groups is 1. The van der Waals surface area contributed by atoms with E-state index in [1.807, 2.05) is 26.4 Å². The third-order valence-electron chi connectivity index (χ3n) is 4.22. The van der Waals surface area contributed by atoms with E-state index in [0.29, 0.717) is 18.9 Å². The zero-order valence-corrected chi connectivity index (χ0v) is 12.3. The lowest BCUT2D eigenvalue weighted by Gasteiger charge is -2.43. The summed E-state index contributed by atoms with van der Waals surface area (Å²) < 4.78 is 7.78. The molecule has 4 nitrogen and oxygen atoms in total. The Morgan fingerprint density at radius 3 is 3.00 bits per heavy atom. The number of hydrogen-bond acceptors (Lipinski definition) is 3. The van der Waals surface area contributed by atoms with Gasteiger partial charge in [-0.3, -0.25) is 4.68 Å². The highest BCUT2D eigenvalue weighted by molar-refractivity contribution is 5.08. The Balaban J connectivity index is 2.09. The van der Waals surface area contributed by atoms with Gasteiger partial charge in [-0.05, 0) is 31.2 Å². The summed E-state index contributed by atoms with van der Waals surface area (Å²) in [4.78, 5) is 0. The van der Waals surface area contributed by atoms with Crippen LogP contribution in [0.4, 0.5) is 0 Å². The first-order chi connectivity index (χ1) is 9.05. The van der Waals surface area contributed by atoms with Crippen molar-refractivity contribution in [2.24, 2.45) is 13.0 Å². The largest absolute Gasteiger partial charge is 0.390 e. The summed E-state index contributed by atoms with van der Waals surface area (Å²) in [5.41, 5.74) is 0.717. The molecule has 1 saturated carbocycles. The molecule has 3 unspecified atom stereocenters. The first-order valence-electron chi connectivity index (χ1n) is 7.35. The number of nitrogens with zero attached hydrogens (tertiary/aromatic N) is 2. The number of ether oxygens (including phenoxy) is 1. The topological polar surface area (TPSA) is 47.3 Å². The van der Waals surface area contributed by atoms with E-state index in [0.717, 1.165) is 24.8 Å². The maximum Gasteiger partial charge on any atom is 0.0945 e. The predicted octanol–water partition coefficient (Wildman–Crippen LogP) is 2.31. The van der Waals surface area contributed by atoms with E-state index < -0.39 is 6.10 Å². The zero-order valence-electron chi connectivity index (χ0n) is 12.3. The van der Waals surface area contributed by atoms with E-state index in [2.05, 4.69) is 12.0 Å².